The Bertz CT molecular complexity index is 708. The van der Waals surface area contributed by atoms with Crippen LogP contribution in [-0.2, 0) is 0 Å². The molecule has 0 spiro atoms. The first-order valence-corrected chi connectivity index (χ1v) is 9.59. The second-order valence-corrected chi connectivity index (χ2v) is 8.02. The molecule has 4 heteroatoms. The van der Waals surface area contributed by atoms with Gasteiger partial charge in [0.2, 0.25) is 0 Å². The summed E-state index contributed by atoms with van der Waals surface area (Å²) in [5, 5.41) is 31.2. The third kappa shape index (κ3) is 2.17. The van der Waals surface area contributed by atoms with Gasteiger partial charge in [-0.2, -0.15) is 10.5 Å². The average Bonchev–Trinajstić information content (AvgIpc) is 2.66. The summed E-state index contributed by atoms with van der Waals surface area (Å²) in [6.45, 7) is 0. The lowest BCUT2D eigenvalue weighted by Crippen LogP contribution is -2.71. The van der Waals surface area contributed by atoms with E-state index < -0.39 is 11.1 Å². The number of phenolic OH excluding ortho intramolecular Hbond substituents is 1. The van der Waals surface area contributed by atoms with Gasteiger partial charge < -0.3 is 10.0 Å². The Hall–Kier alpha value is -2.20. The summed E-state index contributed by atoms with van der Waals surface area (Å²) in [6, 6.07) is 12.6. The molecule has 1 saturated heterocycles. The number of phenols is 1. The van der Waals surface area contributed by atoms with E-state index in [0.29, 0.717) is 5.69 Å². The topological polar surface area (TPSA) is 71.0 Å². The van der Waals surface area contributed by atoms with Crippen molar-refractivity contribution in [2.75, 3.05) is 4.90 Å². The maximum absolute atomic E-state index is 10.6. The van der Waals surface area contributed by atoms with Crippen LogP contribution in [0.5, 0.6) is 5.75 Å². The molecule has 0 aromatic heterocycles. The summed E-state index contributed by atoms with van der Waals surface area (Å²) in [7, 11) is 0. The Kier molecular flexibility index (Phi) is 3.88. The molecule has 2 aliphatic carbocycles. The van der Waals surface area contributed by atoms with Crippen molar-refractivity contribution in [2.45, 2.75) is 68.9 Å². The van der Waals surface area contributed by atoms with Gasteiger partial charge in [0, 0.05) is 0 Å². The smallest absolute Gasteiger partial charge is 0.138 e. The van der Waals surface area contributed by atoms with Crippen LogP contribution < -0.4 is 4.90 Å². The van der Waals surface area contributed by atoms with Crippen molar-refractivity contribution in [2.24, 2.45) is 11.8 Å². The average molecular weight is 335 g/mol. The number of benzene rings is 1. The molecule has 0 amide bonds. The van der Waals surface area contributed by atoms with E-state index in [-0.39, 0.29) is 17.6 Å². The van der Waals surface area contributed by atoms with Gasteiger partial charge >= 0.3 is 0 Å². The molecule has 0 unspecified atom stereocenters. The third-order valence-corrected chi connectivity index (χ3v) is 6.95. The number of rotatable bonds is 1. The molecule has 25 heavy (non-hydrogen) atoms. The normalized spacial score (nSPS) is 37.3. The molecular formula is C21H25N3O. The lowest BCUT2D eigenvalue weighted by atomic mass is 9.56. The van der Waals surface area contributed by atoms with Crippen LogP contribution >= 0.6 is 0 Å². The molecule has 1 heterocycles. The SMILES string of the molecule is N#C[C@@]12CCCC[C@@H]1C[C@@H]1CCCC[C@@]1(C#N)N2c1ccccc1O. The Labute approximate surface area is 149 Å². The predicted molar refractivity (Wildman–Crippen MR) is 95.8 cm³/mol. The van der Waals surface area contributed by atoms with Gasteiger partial charge in [-0.25, -0.2) is 0 Å². The van der Waals surface area contributed by atoms with Crippen molar-refractivity contribution in [3.05, 3.63) is 24.3 Å². The zero-order valence-corrected chi connectivity index (χ0v) is 14.6. The van der Waals surface area contributed by atoms with E-state index >= 15 is 0 Å². The van der Waals surface area contributed by atoms with E-state index in [1.807, 2.05) is 12.1 Å². The van der Waals surface area contributed by atoms with Crippen molar-refractivity contribution in [3.63, 3.8) is 0 Å². The number of aromatic hydroxyl groups is 1. The van der Waals surface area contributed by atoms with Gasteiger partial charge in [-0.15, -0.1) is 0 Å². The third-order valence-electron chi connectivity index (χ3n) is 6.95. The molecule has 4 nitrogen and oxygen atoms in total. The minimum absolute atomic E-state index is 0.183. The van der Waals surface area contributed by atoms with E-state index in [4.69, 9.17) is 0 Å². The molecule has 0 radical (unpaired) electrons. The van der Waals surface area contributed by atoms with Gasteiger partial charge in [0.25, 0.3) is 0 Å². The molecule has 1 aromatic rings. The second kappa shape index (κ2) is 5.95. The number of anilines is 1. The van der Waals surface area contributed by atoms with E-state index in [1.54, 1.807) is 12.1 Å². The zero-order chi connectivity index (χ0) is 17.5. The largest absolute Gasteiger partial charge is 0.506 e. The highest BCUT2D eigenvalue weighted by atomic mass is 16.3. The fourth-order valence-corrected chi connectivity index (χ4v) is 5.85. The number of hydrogen-bond donors (Lipinski definition) is 1. The number of piperidine rings is 1. The van der Waals surface area contributed by atoms with Gasteiger partial charge in [0.1, 0.15) is 16.8 Å². The quantitative estimate of drug-likeness (QED) is 0.820. The van der Waals surface area contributed by atoms with Crippen LogP contribution in [-0.4, -0.2) is 16.2 Å². The summed E-state index contributed by atoms with van der Waals surface area (Å²) >= 11 is 0. The summed E-state index contributed by atoms with van der Waals surface area (Å²) in [5.74, 6) is 0.758. The maximum Gasteiger partial charge on any atom is 0.138 e. The highest BCUT2D eigenvalue weighted by Gasteiger charge is 2.62. The van der Waals surface area contributed by atoms with Crippen molar-refractivity contribution in [1.29, 1.82) is 10.5 Å². The van der Waals surface area contributed by atoms with Gasteiger partial charge in [-0.3, -0.25) is 0 Å². The summed E-state index contributed by atoms with van der Waals surface area (Å²) in [4.78, 5) is 2.09. The van der Waals surface area contributed by atoms with Crippen LogP contribution in [0.4, 0.5) is 5.69 Å². The van der Waals surface area contributed by atoms with Crippen LogP contribution in [0.15, 0.2) is 24.3 Å². The number of para-hydroxylation sites is 2. The highest BCUT2D eigenvalue weighted by molar-refractivity contribution is 5.66. The first-order valence-electron chi connectivity index (χ1n) is 9.59. The lowest BCUT2D eigenvalue weighted by molar-refractivity contribution is 0.0610. The van der Waals surface area contributed by atoms with E-state index in [1.165, 1.54) is 0 Å². The molecule has 2 saturated carbocycles. The van der Waals surface area contributed by atoms with Crippen molar-refractivity contribution < 1.29 is 5.11 Å². The molecule has 1 N–H and O–H groups in total. The zero-order valence-electron chi connectivity index (χ0n) is 14.6. The van der Waals surface area contributed by atoms with Crippen molar-refractivity contribution in [1.82, 2.24) is 0 Å². The second-order valence-electron chi connectivity index (χ2n) is 8.02. The van der Waals surface area contributed by atoms with Crippen LogP contribution in [0, 0.1) is 34.5 Å². The number of nitriles is 2. The minimum Gasteiger partial charge on any atom is -0.506 e. The first-order chi connectivity index (χ1) is 12.2. The molecule has 1 aromatic carbocycles. The predicted octanol–water partition coefficient (Wildman–Crippen LogP) is 4.51. The molecule has 1 aliphatic heterocycles. The summed E-state index contributed by atoms with van der Waals surface area (Å²) < 4.78 is 0. The summed E-state index contributed by atoms with van der Waals surface area (Å²) in [5.41, 5.74) is -0.662. The first kappa shape index (κ1) is 16.3. The monoisotopic (exact) mass is 335 g/mol. The molecule has 130 valence electrons. The van der Waals surface area contributed by atoms with Crippen LogP contribution in [0.25, 0.3) is 0 Å². The van der Waals surface area contributed by atoms with Crippen LogP contribution in [0.1, 0.15) is 57.8 Å². The number of fused-ring (bicyclic) bond motifs is 2. The van der Waals surface area contributed by atoms with E-state index in [9.17, 15) is 15.6 Å². The van der Waals surface area contributed by atoms with E-state index in [2.05, 4.69) is 17.0 Å². The van der Waals surface area contributed by atoms with Gasteiger partial charge in [-0.05, 0) is 56.1 Å². The number of hydrogen-bond acceptors (Lipinski definition) is 4. The molecule has 3 fully saturated rings. The fourth-order valence-electron chi connectivity index (χ4n) is 5.85. The standard InChI is InChI=1S/C21H25N3O/c22-14-20-11-5-3-7-16(20)13-17-8-4-6-12-21(17,15-23)24(20)18-9-1-2-10-19(18)25/h1-2,9-10,16-17,25H,3-8,11-13H2/t16-,17+,20-,21-/m0/s1. The van der Waals surface area contributed by atoms with Gasteiger partial charge in [0.05, 0.1) is 17.8 Å². The summed E-state index contributed by atoms with van der Waals surface area (Å²) in [6.07, 6.45) is 9.01. The molecule has 4 atom stereocenters. The maximum atomic E-state index is 10.6. The molecule has 0 bridgehead atoms. The minimum atomic E-state index is -0.666. The molecular weight excluding hydrogens is 310 g/mol. The number of nitrogens with zero attached hydrogens (tertiary/aromatic N) is 3. The van der Waals surface area contributed by atoms with Crippen molar-refractivity contribution in [3.8, 4) is 17.9 Å². The Balaban J connectivity index is 1.95. The highest BCUT2D eigenvalue weighted by Crippen LogP contribution is 2.58. The van der Waals surface area contributed by atoms with Crippen LogP contribution in [0.3, 0.4) is 0 Å². The molecule has 3 aliphatic rings. The fraction of sp³-hybridized carbons (Fsp3) is 0.619. The van der Waals surface area contributed by atoms with Crippen LogP contribution in [0.2, 0.25) is 0 Å². The molecule has 4 rings (SSSR count). The lowest BCUT2D eigenvalue weighted by Gasteiger charge is -2.62. The van der Waals surface area contributed by atoms with Gasteiger partial charge in [0.15, 0.2) is 0 Å². The van der Waals surface area contributed by atoms with E-state index in [0.717, 1.165) is 57.8 Å². The van der Waals surface area contributed by atoms with Crippen molar-refractivity contribution >= 4 is 5.69 Å². The Morgan fingerprint density at radius 3 is 2.00 bits per heavy atom. The van der Waals surface area contributed by atoms with Gasteiger partial charge in [-0.1, -0.05) is 37.8 Å². The Morgan fingerprint density at radius 1 is 0.920 bits per heavy atom. The Morgan fingerprint density at radius 2 is 1.48 bits per heavy atom.